The minimum Gasteiger partial charge on any atom is -0.238 e. The summed E-state index contributed by atoms with van der Waals surface area (Å²) in [6.45, 7) is 1.12. The van der Waals surface area contributed by atoms with Crippen molar-refractivity contribution in [1.29, 1.82) is 0 Å². The molecule has 1 unspecified atom stereocenters. The van der Waals surface area contributed by atoms with Gasteiger partial charge in [-0.05, 0) is 24.6 Å². The summed E-state index contributed by atoms with van der Waals surface area (Å²) >= 11 is 11.4. The quantitative estimate of drug-likeness (QED) is 0.797. The monoisotopic (exact) mass is 304 g/mol. The van der Waals surface area contributed by atoms with E-state index in [0.29, 0.717) is 0 Å². The number of rotatable bonds is 3. The fourth-order valence-corrected chi connectivity index (χ4v) is 2.95. The van der Waals surface area contributed by atoms with E-state index in [4.69, 9.17) is 33.9 Å². The summed E-state index contributed by atoms with van der Waals surface area (Å²) < 4.78 is 35.7. The van der Waals surface area contributed by atoms with Crippen molar-refractivity contribution in [3.05, 3.63) is 33.8 Å². The summed E-state index contributed by atoms with van der Waals surface area (Å²) in [5.41, 5.74) is -1.99. The minimum atomic E-state index is -3.93. The van der Waals surface area contributed by atoms with Crippen LogP contribution < -0.4 is 0 Å². The van der Waals surface area contributed by atoms with Gasteiger partial charge in [-0.2, -0.15) is 0 Å². The maximum absolute atomic E-state index is 14.1. The van der Waals surface area contributed by atoms with Crippen molar-refractivity contribution in [2.45, 2.75) is 12.6 Å². The molecule has 0 saturated carbocycles. The van der Waals surface area contributed by atoms with Gasteiger partial charge in [-0.3, -0.25) is 0 Å². The van der Waals surface area contributed by atoms with Gasteiger partial charge in [0.2, 0.25) is 9.05 Å². The van der Waals surface area contributed by atoms with Crippen molar-refractivity contribution >= 4 is 42.9 Å². The average Bonchev–Trinajstić information content (AvgIpc) is 2.05. The van der Waals surface area contributed by atoms with Crippen LogP contribution in [0.1, 0.15) is 12.5 Å². The lowest BCUT2D eigenvalue weighted by Gasteiger charge is -2.19. The van der Waals surface area contributed by atoms with E-state index in [-0.39, 0.29) is 15.6 Å². The van der Waals surface area contributed by atoms with Gasteiger partial charge in [-0.1, -0.05) is 29.3 Å². The molecule has 0 aliphatic carbocycles. The lowest BCUT2D eigenvalue weighted by Crippen LogP contribution is -2.24. The van der Waals surface area contributed by atoms with Crippen LogP contribution in [0.3, 0.4) is 0 Å². The second kappa shape index (κ2) is 4.69. The molecule has 0 N–H and O–H groups in total. The summed E-state index contributed by atoms with van der Waals surface area (Å²) in [5.74, 6) is -0.820. The second-order valence-electron chi connectivity index (χ2n) is 3.51. The minimum absolute atomic E-state index is 0.117. The largest absolute Gasteiger partial charge is 0.238 e. The third-order valence-corrected chi connectivity index (χ3v) is 3.92. The van der Waals surface area contributed by atoms with E-state index in [0.717, 1.165) is 6.92 Å². The predicted molar refractivity (Wildman–Crippen MR) is 64.6 cm³/mol. The first kappa shape index (κ1) is 14.0. The fraction of sp³-hybridized carbons (Fsp3) is 0.333. The van der Waals surface area contributed by atoms with Gasteiger partial charge >= 0.3 is 0 Å². The zero-order chi connectivity index (χ0) is 12.6. The molecule has 0 fully saturated rings. The Bertz CT molecular complexity index is 499. The molecule has 0 amide bonds. The molecule has 1 atom stereocenters. The highest BCUT2D eigenvalue weighted by atomic mass is 35.7. The third-order valence-electron chi connectivity index (χ3n) is 1.96. The first-order valence-corrected chi connectivity index (χ1v) is 7.42. The zero-order valence-corrected chi connectivity index (χ0v) is 11.3. The Morgan fingerprint density at radius 2 is 1.88 bits per heavy atom. The van der Waals surface area contributed by atoms with Gasteiger partial charge < -0.3 is 0 Å². The molecule has 16 heavy (non-hydrogen) atoms. The number of benzene rings is 1. The van der Waals surface area contributed by atoms with Crippen molar-refractivity contribution in [2.24, 2.45) is 0 Å². The topological polar surface area (TPSA) is 34.1 Å². The van der Waals surface area contributed by atoms with Crippen LogP contribution >= 0.6 is 33.9 Å². The first-order chi connectivity index (χ1) is 7.12. The Morgan fingerprint density at radius 3 is 2.31 bits per heavy atom. The molecular weight excluding hydrogens is 298 g/mol. The predicted octanol–water partition coefficient (Wildman–Crippen LogP) is 3.75. The van der Waals surface area contributed by atoms with Crippen molar-refractivity contribution in [2.75, 3.05) is 5.75 Å². The lowest BCUT2D eigenvalue weighted by atomic mass is 10.0. The number of hydrogen-bond donors (Lipinski definition) is 0. The van der Waals surface area contributed by atoms with Crippen LogP contribution in [0.25, 0.3) is 0 Å². The van der Waals surface area contributed by atoms with E-state index in [1.54, 1.807) is 0 Å². The summed E-state index contributed by atoms with van der Waals surface area (Å²) in [4.78, 5) is 0. The summed E-state index contributed by atoms with van der Waals surface area (Å²) in [7, 11) is 1.08. The van der Waals surface area contributed by atoms with Crippen LogP contribution in [-0.4, -0.2) is 14.2 Å². The Labute approximate surface area is 108 Å². The highest BCUT2D eigenvalue weighted by Gasteiger charge is 2.32. The van der Waals surface area contributed by atoms with Crippen LogP contribution in [0.4, 0.5) is 4.39 Å². The second-order valence-corrected chi connectivity index (χ2v) is 7.10. The molecule has 2 nitrogen and oxygen atoms in total. The van der Waals surface area contributed by atoms with E-state index in [9.17, 15) is 12.8 Å². The van der Waals surface area contributed by atoms with E-state index >= 15 is 0 Å². The van der Waals surface area contributed by atoms with Gasteiger partial charge in [0, 0.05) is 10.7 Å². The van der Waals surface area contributed by atoms with Crippen LogP contribution in [0, 0.1) is 0 Å². The van der Waals surface area contributed by atoms with E-state index in [1.165, 1.54) is 18.2 Å². The highest BCUT2D eigenvalue weighted by Crippen LogP contribution is 2.32. The maximum atomic E-state index is 14.1. The Balaban J connectivity index is 3.12. The normalized spacial score (nSPS) is 15.8. The van der Waals surface area contributed by atoms with Gasteiger partial charge in [0.15, 0.2) is 0 Å². The van der Waals surface area contributed by atoms with E-state index in [1.807, 2.05) is 0 Å². The van der Waals surface area contributed by atoms with E-state index in [2.05, 4.69) is 0 Å². The van der Waals surface area contributed by atoms with Gasteiger partial charge in [-0.25, -0.2) is 12.8 Å². The third kappa shape index (κ3) is 3.77. The number of hydrogen-bond acceptors (Lipinski definition) is 2. The van der Waals surface area contributed by atoms with Crippen LogP contribution in [-0.2, 0) is 14.7 Å². The molecule has 7 heteroatoms. The molecule has 0 aliphatic heterocycles. The van der Waals surface area contributed by atoms with Gasteiger partial charge in [0.1, 0.15) is 11.4 Å². The lowest BCUT2D eigenvalue weighted by molar-refractivity contribution is 0.225. The SMILES string of the molecule is CC(F)(CS(=O)(=O)Cl)c1ccc(Cl)c(Cl)c1. The molecule has 0 aliphatic rings. The smallest absolute Gasteiger partial charge is 0.236 e. The molecule has 0 heterocycles. The van der Waals surface area contributed by atoms with Crippen molar-refractivity contribution in [1.82, 2.24) is 0 Å². The number of alkyl halides is 1. The molecule has 1 rings (SSSR count). The summed E-state index contributed by atoms with van der Waals surface area (Å²) in [6, 6.07) is 4.06. The van der Waals surface area contributed by atoms with Gasteiger partial charge in [0.25, 0.3) is 0 Å². The molecule has 90 valence electrons. The summed E-state index contributed by atoms with van der Waals surface area (Å²) in [5, 5.41) is 0.435. The Morgan fingerprint density at radius 1 is 1.31 bits per heavy atom. The zero-order valence-electron chi connectivity index (χ0n) is 8.18. The van der Waals surface area contributed by atoms with Crippen molar-refractivity contribution in [3.63, 3.8) is 0 Å². The molecule has 0 spiro atoms. The van der Waals surface area contributed by atoms with Crippen LogP contribution in [0.5, 0.6) is 0 Å². The first-order valence-electron chi connectivity index (χ1n) is 4.18. The Kier molecular flexibility index (Phi) is 4.11. The molecule has 0 bridgehead atoms. The highest BCUT2D eigenvalue weighted by molar-refractivity contribution is 8.13. The van der Waals surface area contributed by atoms with Crippen molar-refractivity contribution in [3.8, 4) is 0 Å². The van der Waals surface area contributed by atoms with Crippen molar-refractivity contribution < 1.29 is 12.8 Å². The molecular formula is C9H8Cl3FO2S. The molecule has 0 saturated heterocycles. The van der Waals surface area contributed by atoms with Crippen LogP contribution in [0.2, 0.25) is 10.0 Å². The maximum Gasteiger partial charge on any atom is 0.236 e. The molecule has 1 aromatic rings. The summed E-state index contributed by atoms with van der Waals surface area (Å²) in [6.07, 6.45) is 0. The van der Waals surface area contributed by atoms with Gasteiger partial charge in [0.05, 0.1) is 10.0 Å². The van der Waals surface area contributed by atoms with Gasteiger partial charge in [-0.15, -0.1) is 0 Å². The molecule has 0 radical (unpaired) electrons. The fourth-order valence-electron chi connectivity index (χ4n) is 1.23. The molecule has 0 aromatic heterocycles. The standard InChI is InChI=1S/C9H8Cl3FO2S/c1-9(13,5-16(12,14)15)6-2-3-7(10)8(11)4-6/h2-4H,5H2,1H3. The van der Waals surface area contributed by atoms with E-state index < -0.39 is 20.5 Å². The Hall–Kier alpha value is -0.0300. The number of halogens is 4. The van der Waals surface area contributed by atoms with Crippen LogP contribution in [0.15, 0.2) is 18.2 Å². The average molecular weight is 306 g/mol. The molecule has 1 aromatic carbocycles.